The van der Waals surface area contributed by atoms with Crippen LogP contribution in [-0.2, 0) is 9.53 Å². The van der Waals surface area contributed by atoms with E-state index >= 15 is 0 Å². The Morgan fingerprint density at radius 3 is 2.57 bits per heavy atom. The van der Waals surface area contributed by atoms with E-state index in [1.807, 2.05) is 0 Å². The highest BCUT2D eigenvalue weighted by molar-refractivity contribution is 5.76. The fourth-order valence-corrected chi connectivity index (χ4v) is 3.57. The molecule has 2 fully saturated rings. The van der Waals surface area contributed by atoms with Gasteiger partial charge in [0.15, 0.2) is 0 Å². The van der Waals surface area contributed by atoms with Crippen molar-refractivity contribution in [3.8, 4) is 0 Å². The molecule has 0 spiro atoms. The van der Waals surface area contributed by atoms with Gasteiger partial charge in [-0.05, 0) is 31.7 Å². The van der Waals surface area contributed by atoms with Crippen LogP contribution in [0.4, 0.5) is 0 Å². The lowest BCUT2D eigenvalue weighted by Gasteiger charge is -2.36. The Hall–Kier alpha value is -0.650. The van der Waals surface area contributed by atoms with Crippen molar-refractivity contribution in [1.29, 1.82) is 0 Å². The van der Waals surface area contributed by atoms with Crippen molar-refractivity contribution < 1.29 is 9.53 Å². The van der Waals surface area contributed by atoms with Crippen molar-refractivity contribution in [3.05, 3.63) is 0 Å². The largest absolute Gasteiger partial charge is 0.379 e. The number of nitrogens with two attached hydrogens (primary N) is 1. The summed E-state index contributed by atoms with van der Waals surface area (Å²) in [7, 11) is 0. The Balaban J connectivity index is 1.73. The smallest absolute Gasteiger partial charge is 0.220 e. The van der Waals surface area contributed by atoms with Gasteiger partial charge in [0.2, 0.25) is 5.91 Å². The molecule has 0 aromatic rings. The lowest BCUT2D eigenvalue weighted by molar-refractivity contribution is -0.124. The van der Waals surface area contributed by atoms with E-state index < -0.39 is 0 Å². The van der Waals surface area contributed by atoms with E-state index in [4.69, 9.17) is 10.5 Å². The third-order valence-corrected chi connectivity index (χ3v) is 5.15. The zero-order valence-electron chi connectivity index (χ0n) is 13.4. The predicted octanol–water partition coefficient (Wildman–Crippen LogP) is 1.12. The highest BCUT2D eigenvalue weighted by Crippen LogP contribution is 2.38. The summed E-state index contributed by atoms with van der Waals surface area (Å²) in [6, 6.07) is 0.373. The van der Waals surface area contributed by atoms with Crippen molar-refractivity contribution >= 4 is 5.91 Å². The van der Waals surface area contributed by atoms with Gasteiger partial charge in [0.25, 0.3) is 0 Å². The summed E-state index contributed by atoms with van der Waals surface area (Å²) >= 11 is 0. The van der Waals surface area contributed by atoms with E-state index in [2.05, 4.69) is 17.1 Å². The molecule has 122 valence electrons. The highest BCUT2D eigenvalue weighted by Gasteiger charge is 2.33. The van der Waals surface area contributed by atoms with Crippen LogP contribution in [0.3, 0.4) is 0 Å². The van der Waals surface area contributed by atoms with Crippen LogP contribution in [0.25, 0.3) is 0 Å². The average molecular weight is 297 g/mol. The molecule has 1 aliphatic carbocycles. The van der Waals surface area contributed by atoms with Gasteiger partial charge in [-0.1, -0.05) is 19.3 Å². The first-order valence-electron chi connectivity index (χ1n) is 8.44. The molecule has 1 saturated heterocycles. The van der Waals surface area contributed by atoms with Gasteiger partial charge >= 0.3 is 0 Å². The molecule has 2 aliphatic rings. The molecule has 1 atom stereocenters. The Morgan fingerprint density at radius 2 is 1.95 bits per heavy atom. The number of carbonyl (C=O) groups is 1. The quantitative estimate of drug-likeness (QED) is 0.771. The van der Waals surface area contributed by atoms with Crippen LogP contribution in [0.1, 0.15) is 45.4 Å². The van der Waals surface area contributed by atoms with E-state index in [1.54, 1.807) is 0 Å². The number of morpholine rings is 1. The van der Waals surface area contributed by atoms with Crippen LogP contribution in [0.2, 0.25) is 0 Å². The third-order valence-electron chi connectivity index (χ3n) is 5.15. The van der Waals surface area contributed by atoms with Gasteiger partial charge in [-0.2, -0.15) is 0 Å². The second-order valence-corrected chi connectivity index (χ2v) is 6.74. The summed E-state index contributed by atoms with van der Waals surface area (Å²) in [5.74, 6) is 0.169. The zero-order chi connectivity index (χ0) is 15.1. The summed E-state index contributed by atoms with van der Waals surface area (Å²) < 4.78 is 5.36. The molecule has 5 nitrogen and oxygen atoms in total. The number of amides is 1. The molecule has 3 N–H and O–H groups in total. The summed E-state index contributed by atoms with van der Waals surface area (Å²) in [5.41, 5.74) is 6.02. The fraction of sp³-hybridized carbons (Fsp3) is 0.938. The third kappa shape index (κ3) is 4.94. The minimum Gasteiger partial charge on any atom is -0.379 e. The van der Waals surface area contributed by atoms with E-state index in [-0.39, 0.29) is 11.3 Å². The van der Waals surface area contributed by atoms with Crippen molar-refractivity contribution in [2.75, 3.05) is 39.4 Å². The molecule has 0 radical (unpaired) electrons. The Kier molecular flexibility index (Phi) is 6.45. The van der Waals surface area contributed by atoms with Gasteiger partial charge in [0, 0.05) is 32.1 Å². The molecule has 0 bridgehead atoms. The lowest BCUT2D eigenvalue weighted by atomic mass is 9.71. The van der Waals surface area contributed by atoms with E-state index in [0.29, 0.717) is 19.0 Å². The highest BCUT2D eigenvalue weighted by atomic mass is 16.5. The molecule has 21 heavy (non-hydrogen) atoms. The number of hydrogen-bond donors (Lipinski definition) is 2. The van der Waals surface area contributed by atoms with Gasteiger partial charge in [0.05, 0.1) is 13.2 Å². The van der Waals surface area contributed by atoms with Crippen LogP contribution in [0.5, 0.6) is 0 Å². The van der Waals surface area contributed by atoms with Crippen molar-refractivity contribution in [2.45, 2.75) is 51.5 Å². The summed E-state index contributed by atoms with van der Waals surface area (Å²) in [6.45, 7) is 7.06. The average Bonchev–Trinajstić information content (AvgIpc) is 2.54. The number of hydrogen-bond acceptors (Lipinski definition) is 4. The molecule has 1 heterocycles. The first-order chi connectivity index (χ1) is 10.2. The van der Waals surface area contributed by atoms with Crippen molar-refractivity contribution in [1.82, 2.24) is 10.2 Å². The Morgan fingerprint density at radius 1 is 1.29 bits per heavy atom. The van der Waals surface area contributed by atoms with Crippen molar-refractivity contribution in [2.24, 2.45) is 11.1 Å². The molecule has 1 unspecified atom stereocenters. The normalized spacial score (nSPS) is 24.5. The van der Waals surface area contributed by atoms with Crippen LogP contribution in [0, 0.1) is 5.41 Å². The Bertz CT molecular complexity index is 323. The lowest BCUT2D eigenvalue weighted by Crippen LogP contribution is -2.48. The summed E-state index contributed by atoms with van der Waals surface area (Å²) in [6.07, 6.45) is 6.53. The first-order valence-corrected chi connectivity index (χ1v) is 8.44. The molecule has 1 aliphatic heterocycles. The van der Waals surface area contributed by atoms with Crippen LogP contribution in [0.15, 0.2) is 0 Å². The molecule has 2 rings (SSSR count). The molecule has 1 saturated carbocycles. The second-order valence-electron chi connectivity index (χ2n) is 6.74. The van der Waals surface area contributed by atoms with Gasteiger partial charge in [-0.25, -0.2) is 0 Å². The molecule has 0 aromatic carbocycles. The van der Waals surface area contributed by atoms with E-state index in [1.165, 1.54) is 19.3 Å². The fourth-order valence-electron chi connectivity index (χ4n) is 3.57. The van der Waals surface area contributed by atoms with Gasteiger partial charge in [0.1, 0.15) is 0 Å². The first kappa shape index (κ1) is 16.7. The summed E-state index contributed by atoms with van der Waals surface area (Å²) in [4.78, 5) is 14.6. The Labute approximate surface area is 128 Å². The number of nitrogens with one attached hydrogen (secondary N) is 1. The summed E-state index contributed by atoms with van der Waals surface area (Å²) in [5, 5.41) is 3.11. The number of ether oxygens (including phenoxy) is 1. The monoisotopic (exact) mass is 297 g/mol. The van der Waals surface area contributed by atoms with Crippen molar-refractivity contribution in [3.63, 3.8) is 0 Å². The topological polar surface area (TPSA) is 67.6 Å². The van der Waals surface area contributed by atoms with E-state index in [9.17, 15) is 4.79 Å². The van der Waals surface area contributed by atoms with Gasteiger partial charge < -0.3 is 15.8 Å². The maximum absolute atomic E-state index is 12.3. The predicted molar refractivity (Wildman–Crippen MR) is 84.1 cm³/mol. The maximum atomic E-state index is 12.3. The van der Waals surface area contributed by atoms with Gasteiger partial charge in [-0.15, -0.1) is 0 Å². The number of carbonyl (C=O) groups excluding carboxylic acids is 1. The molecule has 1 amide bonds. The van der Waals surface area contributed by atoms with E-state index in [0.717, 1.165) is 45.7 Å². The minimum absolute atomic E-state index is 0.0601. The SMILES string of the molecule is CC(CNC(=O)CC1(CN)CCCCC1)N1CCOCC1. The number of nitrogens with zero attached hydrogens (tertiary/aromatic N) is 1. The van der Waals surface area contributed by atoms with Crippen LogP contribution in [-0.4, -0.2) is 56.2 Å². The zero-order valence-corrected chi connectivity index (χ0v) is 13.4. The maximum Gasteiger partial charge on any atom is 0.220 e. The molecular formula is C16H31N3O2. The standard InChI is InChI=1S/C16H31N3O2/c1-14(19-7-9-21-10-8-19)12-18-15(20)11-16(13-17)5-3-2-4-6-16/h14H,2-13,17H2,1H3,(H,18,20). The minimum atomic E-state index is 0.0601. The molecule has 0 aromatic heterocycles. The van der Waals surface area contributed by atoms with Crippen LogP contribution < -0.4 is 11.1 Å². The molecule has 5 heteroatoms. The van der Waals surface area contributed by atoms with Gasteiger partial charge in [-0.3, -0.25) is 9.69 Å². The number of rotatable bonds is 6. The second kappa shape index (κ2) is 8.11. The molecular weight excluding hydrogens is 266 g/mol. The van der Waals surface area contributed by atoms with Crippen LogP contribution >= 0.6 is 0 Å².